The minimum Gasteiger partial charge on any atom is -0.488 e. The maximum Gasteiger partial charge on any atom is 0.255 e. The van der Waals surface area contributed by atoms with Crippen molar-refractivity contribution in [3.63, 3.8) is 0 Å². The lowest BCUT2D eigenvalue weighted by atomic mass is 10.2. The molecule has 1 N–H and O–H groups in total. The molecule has 6 heteroatoms. The molecule has 0 aliphatic rings. The van der Waals surface area contributed by atoms with E-state index in [9.17, 15) is 9.59 Å². The molecule has 0 bridgehead atoms. The van der Waals surface area contributed by atoms with Gasteiger partial charge in [-0.3, -0.25) is 9.59 Å². The molecular weight excluding hydrogens is 384 g/mol. The third-order valence-corrected chi connectivity index (χ3v) is 4.13. The Morgan fingerprint density at radius 3 is 2.68 bits per heavy atom. The molecular formula is C19H19BrN2O3. The number of carbonyl (C=O) groups is 2. The highest BCUT2D eigenvalue weighted by Gasteiger charge is 2.11. The van der Waals surface area contributed by atoms with Crippen LogP contribution in [0.2, 0.25) is 0 Å². The van der Waals surface area contributed by atoms with Gasteiger partial charge in [-0.05, 0) is 52.3 Å². The molecule has 2 amide bonds. The van der Waals surface area contributed by atoms with Crippen molar-refractivity contribution in [2.75, 3.05) is 23.9 Å². The Labute approximate surface area is 155 Å². The first-order chi connectivity index (χ1) is 11.9. The van der Waals surface area contributed by atoms with Crippen molar-refractivity contribution in [3.8, 4) is 5.75 Å². The summed E-state index contributed by atoms with van der Waals surface area (Å²) in [6.45, 7) is 5.47. The summed E-state index contributed by atoms with van der Waals surface area (Å²) in [5.41, 5.74) is 1.81. The number of ether oxygens (including phenoxy) is 1. The van der Waals surface area contributed by atoms with Crippen LogP contribution in [0.5, 0.6) is 5.75 Å². The standard InChI is InChI=1S/C19H19BrN2O3/c1-4-10-25-18-9-8-14(11-17(18)20)19(24)21-15-6-5-7-16(12-15)22(3)13(2)23/h4-9,11-12H,1,10H2,2-3H3,(H,21,24). The minimum atomic E-state index is -0.251. The van der Waals surface area contributed by atoms with Gasteiger partial charge in [0, 0.05) is 30.9 Å². The Balaban J connectivity index is 2.14. The molecule has 0 heterocycles. The number of carbonyl (C=O) groups excluding carboxylic acids is 2. The summed E-state index contributed by atoms with van der Waals surface area (Å²) in [5.74, 6) is 0.308. The van der Waals surface area contributed by atoms with Crippen LogP contribution in [0, 0.1) is 0 Å². The largest absolute Gasteiger partial charge is 0.488 e. The lowest BCUT2D eigenvalue weighted by molar-refractivity contribution is -0.116. The van der Waals surface area contributed by atoms with Gasteiger partial charge in [0.1, 0.15) is 12.4 Å². The van der Waals surface area contributed by atoms with Gasteiger partial charge in [0.2, 0.25) is 5.91 Å². The fourth-order valence-electron chi connectivity index (χ4n) is 2.09. The fourth-order valence-corrected chi connectivity index (χ4v) is 2.58. The van der Waals surface area contributed by atoms with E-state index in [4.69, 9.17) is 4.74 Å². The van der Waals surface area contributed by atoms with Gasteiger partial charge in [0.05, 0.1) is 4.47 Å². The summed E-state index contributed by atoms with van der Waals surface area (Å²) in [6.07, 6.45) is 1.65. The maximum atomic E-state index is 12.4. The summed E-state index contributed by atoms with van der Waals surface area (Å²) in [7, 11) is 1.68. The average molecular weight is 403 g/mol. The Morgan fingerprint density at radius 1 is 1.28 bits per heavy atom. The van der Waals surface area contributed by atoms with Crippen LogP contribution in [0.4, 0.5) is 11.4 Å². The smallest absolute Gasteiger partial charge is 0.255 e. The number of halogens is 1. The fraction of sp³-hybridized carbons (Fsp3) is 0.158. The molecule has 2 aromatic carbocycles. The van der Waals surface area contributed by atoms with Crippen molar-refractivity contribution in [3.05, 3.63) is 65.2 Å². The number of hydrogen-bond acceptors (Lipinski definition) is 3. The lowest BCUT2D eigenvalue weighted by Crippen LogP contribution is -2.23. The van der Waals surface area contributed by atoms with Crippen LogP contribution in [-0.2, 0) is 4.79 Å². The number of benzene rings is 2. The van der Waals surface area contributed by atoms with Gasteiger partial charge in [-0.25, -0.2) is 0 Å². The molecule has 0 aromatic heterocycles. The first kappa shape index (κ1) is 18.7. The highest BCUT2D eigenvalue weighted by Crippen LogP contribution is 2.27. The highest BCUT2D eigenvalue weighted by molar-refractivity contribution is 9.10. The number of rotatable bonds is 6. The zero-order valence-electron chi connectivity index (χ0n) is 14.1. The third-order valence-electron chi connectivity index (χ3n) is 3.51. The normalized spacial score (nSPS) is 10.0. The molecule has 0 radical (unpaired) electrons. The van der Waals surface area contributed by atoms with Gasteiger partial charge < -0.3 is 15.0 Å². The number of nitrogens with zero attached hydrogens (tertiary/aromatic N) is 1. The van der Waals surface area contributed by atoms with Gasteiger partial charge in [0.25, 0.3) is 5.91 Å². The summed E-state index contributed by atoms with van der Waals surface area (Å²) in [4.78, 5) is 25.4. The molecule has 5 nitrogen and oxygen atoms in total. The molecule has 2 aromatic rings. The molecule has 25 heavy (non-hydrogen) atoms. The zero-order valence-corrected chi connectivity index (χ0v) is 15.7. The zero-order chi connectivity index (χ0) is 18.4. The van der Waals surface area contributed by atoms with Gasteiger partial charge in [-0.2, -0.15) is 0 Å². The molecule has 0 spiro atoms. The molecule has 0 fully saturated rings. The first-order valence-electron chi connectivity index (χ1n) is 7.61. The van der Waals surface area contributed by atoms with Crippen LogP contribution < -0.4 is 15.0 Å². The van der Waals surface area contributed by atoms with Gasteiger partial charge in [0.15, 0.2) is 0 Å². The lowest BCUT2D eigenvalue weighted by Gasteiger charge is -2.16. The van der Waals surface area contributed by atoms with Crippen LogP contribution in [0.1, 0.15) is 17.3 Å². The number of hydrogen-bond donors (Lipinski definition) is 1. The second-order valence-electron chi connectivity index (χ2n) is 5.33. The number of amides is 2. The first-order valence-corrected chi connectivity index (χ1v) is 8.40. The summed E-state index contributed by atoms with van der Waals surface area (Å²) < 4.78 is 6.16. The Kier molecular flexibility index (Phi) is 6.36. The molecule has 0 unspecified atom stereocenters. The van der Waals surface area contributed by atoms with E-state index in [0.29, 0.717) is 33.8 Å². The molecule has 2 rings (SSSR count). The van der Waals surface area contributed by atoms with Crippen LogP contribution in [0.25, 0.3) is 0 Å². The molecule has 0 saturated heterocycles. The second kappa shape index (κ2) is 8.48. The van der Waals surface area contributed by atoms with E-state index < -0.39 is 0 Å². The van der Waals surface area contributed by atoms with Crippen molar-refractivity contribution >= 4 is 39.1 Å². The van der Waals surface area contributed by atoms with Crippen molar-refractivity contribution in [2.45, 2.75) is 6.92 Å². The van der Waals surface area contributed by atoms with Crippen LogP contribution in [0.15, 0.2) is 59.6 Å². The van der Waals surface area contributed by atoms with Crippen molar-refractivity contribution in [1.29, 1.82) is 0 Å². The van der Waals surface area contributed by atoms with E-state index >= 15 is 0 Å². The van der Waals surface area contributed by atoms with Gasteiger partial charge >= 0.3 is 0 Å². The third kappa shape index (κ3) is 4.93. The van der Waals surface area contributed by atoms with Crippen LogP contribution in [-0.4, -0.2) is 25.5 Å². The predicted octanol–water partition coefficient (Wildman–Crippen LogP) is 4.25. The van der Waals surface area contributed by atoms with Crippen molar-refractivity contribution < 1.29 is 14.3 Å². The molecule has 0 aliphatic heterocycles. The van der Waals surface area contributed by atoms with E-state index in [2.05, 4.69) is 27.8 Å². The SMILES string of the molecule is C=CCOc1ccc(C(=O)Nc2cccc(N(C)C(C)=O)c2)cc1Br. The van der Waals surface area contributed by atoms with E-state index in [1.54, 1.807) is 55.6 Å². The van der Waals surface area contributed by atoms with E-state index in [0.717, 1.165) is 0 Å². The Bertz CT molecular complexity index is 805. The van der Waals surface area contributed by atoms with E-state index in [-0.39, 0.29) is 11.8 Å². The Hall–Kier alpha value is -2.60. The quantitative estimate of drug-likeness (QED) is 0.734. The summed E-state index contributed by atoms with van der Waals surface area (Å²) >= 11 is 3.39. The predicted molar refractivity (Wildman–Crippen MR) is 103 cm³/mol. The monoisotopic (exact) mass is 402 g/mol. The van der Waals surface area contributed by atoms with E-state index in [1.807, 2.05) is 0 Å². The molecule has 130 valence electrons. The topological polar surface area (TPSA) is 58.6 Å². The van der Waals surface area contributed by atoms with Crippen molar-refractivity contribution in [1.82, 2.24) is 0 Å². The van der Waals surface area contributed by atoms with Gasteiger partial charge in [-0.1, -0.05) is 18.7 Å². The molecule has 0 aliphatic carbocycles. The number of nitrogens with one attached hydrogen (secondary N) is 1. The van der Waals surface area contributed by atoms with Crippen molar-refractivity contribution in [2.24, 2.45) is 0 Å². The highest BCUT2D eigenvalue weighted by atomic mass is 79.9. The maximum absolute atomic E-state index is 12.4. The summed E-state index contributed by atoms with van der Waals surface area (Å²) in [5, 5.41) is 2.83. The Morgan fingerprint density at radius 2 is 2.04 bits per heavy atom. The number of anilines is 2. The average Bonchev–Trinajstić information content (AvgIpc) is 2.60. The second-order valence-corrected chi connectivity index (χ2v) is 6.18. The van der Waals surface area contributed by atoms with E-state index in [1.165, 1.54) is 11.8 Å². The van der Waals surface area contributed by atoms with Crippen LogP contribution >= 0.6 is 15.9 Å². The van der Waals surface area contributed by atoms with Crippen LogP contribution in [0.3, 0.4) is 0 Å². The minimum absolute atomic E-state index is 0.0810. The summed E-state index contributed by atoms with van der Waals surface area (Å²) in [6, 6.07) is 12.2. The molecule has 0 atom stereocenters. The molecule has 0 saturated carbocycles. The van der Waals surface area contributed by atoms with Gasteiger partial charge in [-0.15, -0.1) is 0 Å².